The van der Waals surface area contributed by atoms with E-state index in [1.807, 2.05) is 12.1 Å². The van der Waals surface area contributed by atoms with Crippen molar-refractivity contribution in [3.8, 4) is 11.1 Å². The third kappa shape index (κ3) is 3.70. The SMILES string of the molecule is COC(=O)c1ccc(-c2cccnc2Cc2ccc(C)cc2)c(C=O)c1. The summed E-state index contributed by atoms with van der Waals surface area (Å²) < 4.78 is 4.73. The molecule has 3 aromatic rings. The Balaban J connectivity index is 2.03. The maximum absolute atomic E-state index is 11.7. The first-order valence-corrected chi connectivity index (χ1v) is 8.29. The summed E-state index contributed by atoms with van der Waals surface area (Å²) in [7, 11) is 1.32. The van der Waals surface area contributed by atoms with Crippen molar-refractivity contribution < 1.29 is 14.3 Å². The van der Waals surface area contributed by atoms with E-state index in [0.717, 1.165) is 28.7 Å². The van der Waals surface area contributed by atoms with Gasteiger partial charge < -0.3 is 4.74 Å². The van der Waals surface area contributed by atoms with Gasteiger partial charge in [-0.25, -0.2) is 4.79 Å². The fourth-order valence-electron chi connectivity index (χ4n) is 2.87. The third-order valence-electron chi connectivity index (χ3n) is 4.27. The highest BCUT2D eigenvalue weighted by molar-refractivity contribution is 5.95. The fourth-order valence-corrected chi connectivity index (χ4v) is 2.87. The summed E-state index contributed by atoms with van der Waals surface area (Å²) in [4.78, 5) is 27.8. The summed E-state index contributed by atoms with van der Waals surface area (Å²) in [5.74, 6) is -0.467. The van der Waals surface area contributed by atoms with E-state index in [1.54, 1.807) is 24.4 Å². The van der Waals surface area contributed by atoms with E-state index < -0.39 is 5.97 Å². The summed E-state index contributed by atoms with van der Waals surface area (Å²) in [6.45, 7) is 2.05. The number of esters is 1. The molecule has 26 heavy (non-hydrogen) atoms. The van der Waals surface area contributed by atoms with Gasteiger partial charge >= 0.3 is 5.97 Å². The maximum Gasteiger partial charge on any atom is 0.337 e. The van der Waals surface area contributed by atoms with Crippen molar-refractivity contribution in [2.24, 2.45) is 0 Å². The lowest BCUT2D eigenvalue weighted by Gasteiger charge is -2.12. The van der Waals surface area contributed by atoms with Gasteiger partial charge in [-0.1, -0.05) is 42.0 Å². The molecule has 0 bridgehead atoms. The van der Waals surface area contributed by atoms with Crippen molar-refractivity contribution in [1.29, 1.82) is 0 Å². The molecular formula is C22H19NO3. The lowest BCUT2D eigenvalue weighted by atomic mass is 9.94. The van der Waals surface area contributed by atoms with E-state index in [-0.39, 0.29) is 0 Å². The zero-order valence-corrected chi connectivity index (χ0v) is 14.7. The zero-order valence-electron chi connectivity index (χ0n) is 14.7. The average molecular weight is 345 g/mol. The number of carbonyl (C=O) groups is 2. The van der Waals surface area contributed by atoms with Crippen molar-refractivity contribution in [3.05, 3.63) is 88.7 Å². The standard InChI is InChI=1S/C22H19NO3/c1-15-5-7-16(8-6-15)12-21-20(4-3-11-23-21)19-10-9-17(22(25)26-2)13-18(19)14-24/h3-11,13-14H,12H2,1-2H3. The average Bonchev–Trinajstić information content (AvgIpc) is 2.69. The second-order valence-corrected chi connectivity index (χ2v) is 6.07. The van der Waals surface area contributed by atoms with Gasteiger partial charge in [-0.3, -0.25) is 9.78 Å². The Morgan fingerprint density at radius 2 is 1.85 bits per heavy atom. The topological polar surface area (TPSA) is 56.3 Å². The molecule has 1 aromatic heterocycles. The van der Waals surface area contributed by atoms with E-state index in [9.17, 15) is 9.59 Å². The van der Waals surface area contributed by atoms with Gasteiger partial charge in [0.1, 0.15) is 0 Å². The van der Waals surface area contributed by atoms with Crippen molar-refractivity contribution >= 4 is 12.3 Å². The molecule has 0 saturated heterocycles. The van der Waals surface area contributed by atoms with Gasteiger partial charge in [-0.2, -0.15) is 0 Å². The molecule has 0 atom stereocenters. The Morgan fingerprint density at radius 3 is 2.54 bits per heavy atom. The number of aromatic nitrogens is 1. The number of hydrogen-bond donors (Lipinski definition) is 0. The van der Waals surface area contributed by atoms with Gasteiger partial charge in [0, 0.05) is 23.7 Å². The summed E-state index contributed by atoms with van der Waals surface area (Å²) >= 11 is 0. The number of methoxy groups -OCH3 is 1. The number of carbonyl (C=O) groups excluding carboxylic acids is 2. The van der Waals surface area contributed by atoms with E-state index >= 15 is 0 Å². The lowest BCUT2D eigenvalue weighted by Crippen LogP contribution is -2.03. The van der Waals surface area contributed by atoms with Gasteiger partial charge in [0.15, 0.2) is 6.29 Å². The first-order chi connectivity index (χ1) is 12.6. The van der Waals surface area contributed by atoms with Crippen molar-refractivity contribution in [1.82, 2.24) is 4.98 Å². The quantitative estimate of drug-likeness (QED) is 0.512. The predicted molar refractivity (Wildman–Crippen MR) is 100 cm³/mol. The van der Waals surface area contributed by atoms with Crippen LogP contribution >= 0.6 is 0 Å². The van der Waals surface area contributed by atoms with E-state index in [1.165, 1.54) is 12.7 Å². The summed E-state index contributed by atoms with van der Waals surface area (Å²) in [5.41, 5.74) is 5.65. The first-order valence-electron chi connectivity index (χ1n) is 8.29. The van der Waals surface area contributed by atoms with E-state index in [2.05, 4.69) is 36.2 Å². The number of ether oxygens (including phenoxy) is 1. The van der Waals surface area contributed by atoms with Crippen LogP contribution in [0.25, 0.3) is 11.1 Å². The minimum atomic E-state index is -0.467. The minimum absolute atomic E-state index is 0.349. The Morgan fingerprint density at radius 1 is 1.08 bits per heavy atom. The molecule has 0 saturated carbocycles. The Bertz CT molecular complexity index is 946. The van der Waals surface area contributed by atoms with Gasteiger partial charge in [0.2, 0.25) is 0 Å². The van der Waals surface area contributed by atoms with Crippen LogP contribution in [-0.4, -0.2) is 24.3 Å². The normalized spacial score (nSPS) is 10.4. The van der Waals surface area contributed by atoms with Crippen LogP contribution in [0.3, 0.4) is 0 Å². The van der Waals surface area contributed by atoms with Crippen LogP contribution in [-0.2, 0) is 11.2 Å². The fraction of sp³-hybridized carbons (Fsp3) is 0.136. The predicted octanol–water partition coefficient (Wildman–Crippen LogP) is 4.25. The molecule has 0 aliphatic carbocycles. The number of pyridine rings is 1. The molecule has 0 fully saturated rings. The van der Waals surface area contributed by atoms with Crippen LogP contribution in [0.1, 0.15) is 37.5 Å². The third-order valence-corrected chi connectivity index (χ3v) is 4.27. The van der Waals surface area contributed by atoms with Gasteiger partial charge in [0.25, 0.3) is 0 Å². The molecule has 0 amide bonds. The molecule has 0 unspecified atom stereocenters. The molecule has 0 aliphatic heterocycles. The lowest BCUT2D eigenvalue weighted by molar-refractivity contribution is 0.0600. The monoisotopic (exact) mass is 345 g/mol. The molecule has 130 valence electrons. The largest absolute Gasteiger partial charge is 0.465 e. The van der Waals surface area contributed by atoms with Crippen LogP contribution in [0.5, 0.6) is 0 Å². The number of aldehydes is 1. The number of benzene rings is 2. The van der Waals surface area contributed by atoms with E-state index in [4.69, 9.17) is 4.74 Å². The Labute approximate surface area is 152 Å². The minimum Gasteiger partial charge on any atom is -0.465 e. The van der Waals surface area contributed by atoms with Crippen LogP contribution in [0.2, 0.25) is 0 Å². The molecular weight excluding hydrogens is 326 g/mol. The second kappa shape index (κ2) is 7.74. The second-order valence-electron chi connectivity index (χ2n) is 6.07. The molecule has 3 rings (SSSR count). The Kier molecular flexibility index (Phi) is 5.23. The molecule has 4 nitrogen and oxygen atoms in total. The molecule has 2 aromatic carbocycles. The summed E-state index contributed by atoms with van der Waals surface area (Å²) in [6, 6.07) is 17.1. The molecule has 1 heterocycles. The van der Waals surface area contributed by atoms with Gasteiger partial charge in [-0.05, 0) is 36.2 Å². The van der Waals surface area contributed by atoms with Crippen LogP contribution in [0, 0.1) is 6.92 Å². The Hall–Kier alpha value is -3.27. The number of nitrogens with zero attached hydrogens (tertiary/aromatic N) is 1. The smallest absolute Gasteiger partial charge is 0.337 e. The van der Waals surface area contributed by atoms with Crippen molar-refractivity contribution in [2.75, 3.05) is 7.11 Å². The van der Waals surface area contributed by atoms with Crippen molar-refractivity contribution in [3.63, 3.8) is 0 Å². The van der Waals surface area contributed by atoms with Crippen LogP contribution in [0.4, 0.5) is 0 Å². The highest BCUT2D eigenvalue weighted by Gasteiger charge is 2.14. The maximum atomic E-state index is 11.7. The highest BCUT2D eigenvalue weighted by atomic mass is 16.5. The first kappa shape index (κ1) is 17.5. The number of aryl methyl sites for hydroxylation is 1. The zero-order chi connectivity index (χ0) is 18.5. The summed E-state index contributed by atoms with van der Waals surface area (Å²) in [5, 5.41) is 0. The molecule has 4 heteroatoms. The summed E-state index contributed by atoms with van der Waals surface area (Å²) in [6.07, 6.45) is 3.16. The number of hydrogen-bond acceptors (Lipinski definition) is 4. The molecule has 0 spiro atoms. The van der Waals surface area contributed by atoms with E-state index in [0.29, 0.717) is 17.5 Å². The highest BCUT2D eigenvalue weighted by Crippen LogP contribution is 2.28. The van der Waals surface area contributed by atoms with Gasteiger partial charge in [-0.15, -0.1) is 0 Å². The van der Waals surface area contributed by atoms with Crippen LogP contribution in [0.15, 0.2) is 60.8 Å². The molecule has 0 radical (unpaired) electrons. The molecule has 0 aliphatic rings. The van der Waals surface area contributed by atoms with Crippen molar-refractivity contribution in [2.45, 2.75) is 13.3 Å². The van der Waals surface area contributed by atoms with Crippen LogP contribution < -0.4 is 0 Å². The molecule has 0 N–H and O–H groups in total. The number of rotatable bonds is 5. The van der Waals surface area contributed by atoms with Gasteiger partial charge in [0.05, 0.1) is 18.4 Å².